The Morgan fingerprint density at radius 3 is 2.54 bits per heavy atom. The lowest BCUT2D eigenvalue weighted by Crippen LogP contribution is -2.54. The number of Topliss-reactive ketones (excluding diaryl/α,β-unsaturated/α-hetero) is 1. The van der Waals surface area contributed by atoms with Crippen molar-refractivity contribution < 1.29 is 9.90 Å². The molecule has 0 amide bonds. The molecule has 0 aromatic rings. The Hall–Kier alpha value is -0.630. The number of rotatable bonds is 1. The molecule has 0 radical (unpaired) electrons. The molecule has 2 nitrogen and oxygen atoms in total. The van der Waals surface area contributed by atoms with E-state index in [2.05, 4.69) is 19.9 Å². The summed E-state index contributed by atoms with van der Waals surface area (Å²) in [5, 5.41) is 10.7. The summed E-state index contributed by atoms with van der Waals surface area (Å²) in [5.41, 5.74) is 1.64. The van der Waals surface area contributed by atoms with Crippen molar-refractivity contribution in [2.75, 3.05) is 0 Å². The molecule has 7 atom stereocenters. The maximum absolute atomic E-state index is 12.4. The van der Waals surface area contributed by atoms with Crippen LogP contribution in [0.1, 0.15) is 91.9 Å². The van der Waals surface area contributed by atoms with Crippen LogP contribution >= 0.6 is 0 Å². The number of fused-ring (bicyclic) bond motifs is 5. The van der Waals surface area contributed by atoms with Crippen LogP contribution in [-0.2, 0) is 4.79 Å². The van der Waals surface area contributed by atoms with Gasteiger partial charge in [0.1, 0.15) is 5.78 Å². The Balaban J connectivity index is 1.66. The van der Waals surface area contributed by atoms with Crippen LogP contribution in [0.5, 0.6) is 0 Å². The average Bonchev–Trinajstić information content (AvgIpc) is 2.70. The van der Waals surface area contributed by atoms with E-state index in [1.807, 2.05) is 13.8 Å². The highest BCUT2D eigenvalue weighted by atomic mass is 16.3. The topological polar surface area (TPSA) is 37.3 Å². The SMILES string of the molecule is CC(=O)[C@H]1CCC[C@H]2[C@@H]3CC=C4CC[C@](C)(O)CC[C@]4(C)[C@H]3CC[C@]12C. The number of hydrogen-bond donors (Lipinski definition) is 1. The molecule has 4 aliphatic rings. The number of ketones is 1. The molecule has 146 valence electrons. The van der Waals surface area contributed by atoms with Gasteiger partial charge in [0.05, 0.1) is 5.60 Å². The first-order valence-corrected chi connectivity index (χ1v) is 11.1. The lowest BCUT2D eigenvalue weighted by molar-refractivity contribution is -0.138. The Morgan fingerprint density at radius 2 is 1.81 bits per heavy atom. The van der Waals surface area contributed by atoms with Crippen molar-refractivity contribution >= 4 is 5.78 Å². The second-order valence-corrected chi connectivity index (χ2v) is 10.9. The van der Waals surface area contributed by atoms with Crippen molar-refractivity contribution in [3.05, 3.63) is 11.6 Å². The summed E-state index contributed by atoms with van der Waals surface area (Å²) in [6.07, 6.45) is 14.0. The Kier molecular flexibility index (Phi) is 4.46. The molecule has 2 heteroatoms. The first-order valence-electron chi connectivity index (χ1n) is 11.1. The van der Waals surface area contributed by atoms with Gasteiger partial charge in [-0.05, 0) is 100 Å². The van der Waals surface area contributed by atoms with Crippen LogP contribution in [0.4, 0.5) is 0 Å². The van der Waals surface area contributed by atoms with Gasteiger partial charge in [0.2, 0.25) is 0 Å². The third-order valence-electron chi connectivity index (χ3n) is 9.47. The minimum Gasteiger partial charge on any atom is -0.390 e. The molecule has 0 saturated heterocycles. The van der Waals surface area contributed by atoms with Gasteiger partial charge in [0.25, 0.3) is 0 Å². The molecule has 4 aliphatic carbocycles. The quantitative estimate of drug-likeness (QED) is 0.612. The molecule has 0 bridgehead atoms. The highest BCUT2D eigenvalue weighted by Gasteiger charge is 2.57. The predicted octanol–water partition coefficient (Wildman–Crippen LogP) is 5.69. The smallest absolute Gasteiger partial charge is 0.133 e. The van der Waals surface area contributed by atoms with Crippen molar-refractivity contribution in [2.24, 2.45) is 34.5 Å². The van der Waals surface area contributed by atoms with E-state index in [1.54, 1.807) is 5.57 Å². The highest BCUT2D eigenvalue weighted by Crippen LogP contribution is 2.65. The summed E-state index contributed by atoms with van der Waals surface area (Å²) in [6.45, 7) is 8.81. The normalized spacial score (nSPS) is 51.3. The van der Waals surface area contributed by atoms with Crippen molar-refractivity contribution in [1.82, 2.24) is 0 Å². The van der Waals surface area contributed by atoms with E-state index in [4.69, 9.17) is 0 Å². The van der Waals surface area contributed by atoms with E-state index in [9.17, 15) is 9.90 Å². The Morgan fingerprint density at radius 1 is 1.04 bits per heavy atom. The fourth-order valence-electron chi connectivity index (χ4n) is 7.81. The van der Waals surface area contributed by atoms with E-state index in [1.165, 1.54) is 32.1 Å². The van der Waals surface area contributed by atoms with Crippen LogP contribution in [0.2, 0.25) is 0 Å². The third-order valence-corrected chi connectivity index (χ3v) is 9.47. The number of carbonyl (C=O) groups is 1. The minimum atomic E-state index is -0.496. The summed E-state index contributed by atoms with van der Waals surface area (Å²) < 4.78 is 0. The molecule has 0 heterocycles. The minimum absolute atomic E-state index is 0.225. The largest absolute Gasteiger partial charge is 0.390 e. The summed E-state index contributed by atoms with van der Waals surface area (Å²) in [7, 11) is 0. The number of hydrogen-bond acceptors (Lipinski definition) is 2. The lowest BCUT2D eigenvalue weighted by atomic mass is 9.44. The molecule has 0 aromatic carbocycles. The van der Waals surface area contributed by atoms with Gasteiger partial charge in [-0.2, -0.15) is 0 Å². The van der Waals surface area contributed by atoms with E-state index < -0.39 is 5.60 Å². The zero-order valence-electron chi connectivity index (χ0n) is 17.3. The van der Waals surface area contributed by atoms with Gasteiger partial charge in [-0.3, -0.25) is 4.79 Å². The van der Waals surface area contributed by atoms with Gasteiger partial charge in [0.15, 0.2) is 0 Å². The van der Waals surface area contributed by atoms with Crippen molar-refractivity contribution in [3.63, 3.8) is 0 Å². The number of aliphatic hydroxyl groups is 1. The Bertz CT molecular complexity index is 618. The second-order valence-electron chi connectivity index (χ2n) is 10.9. The molecular weight excluding hydrogens is 320 g/mol. The van der Waals surface area contributed by atoms with Gasteiger partial charge < -0.3 is 5.11 Å². The fourth-order valence-corrected chi connectivity index (χ4v) is 7.81. The Labute approximate surface area is 159 Å². The molecule has 0 spiro atoms. The van der Waals surface area contributed by atoms with E-state index in [-0.39, 0.29) is 16.7 Å². The summed E-state index contributed by atoms with van der Waals surface area (Å²) >= 11 is 0. The first-order chi connectivity index (χ1) is 12.2. The van der Waals surface area contributed by atoms with Gasteiger partial charge >= 0.3 is 0 Å². The highest BCUT2D eigenvalue weighted by molar-refractivity contribution is 5.79. The molecule has 26 heavy (non-hydrogen) atoms. The van der Waals surface area contributed by atoms with Crippen molar-refractivity contribution in [1.29, 1.82) is 0 Å². The molecular formula is C24H38O2. The van der Waals surface area contributed by atoms with Crippen LogP contribution in [0.15, 0.2) is 11.6 Å². The van der Waals surface area contributed by atoms with Gasteiger partial charge in [-0.15, -0.1) is 0 Å². The van der Waals surface area contributed by atoms with Crippen molar-refractivity contribution in [3.8, 4) is 0 Å². The zero-order chi connectivity index (χ0) is 18.7. The predicted molar refractivity (Wildman–Crippen MR) is 106 cm³/mol. The maximum Gasteiger partial charge on any atom is 0.133 e. The monoisotopic (exact) mass is 358 g/mol. The van der Waals surface area contributed by atoms with Gasteiger partial charge in [0, 0.05) is 5.92 Å². The molecule has 4 rings (SSSR count). The van der Waals surface area contributed by atoms with Crippen LogP contribution in [0, 0.1) is 34.5 Å². The molecule has 3 fully saturated rings. The van der Waals surface area contributed by atoms with Crippen LogP contribution < -0.4 is 0 Å². The summed E-state index contributed by atoms with van der Waals surface area (Å²) in [5.74, 6) is 2.92. The molecule has 0 aliphatic heterocycles. The first kappa shape index (κ1) is 18.7. The second kappa shape index (κ2) is 6.19. The standard InChI is InChI=1S/C24H38O2/c1-16(25)19-6-5-7-20-18-9-8-17-10-12-22(2,26)14-15-23(17,3)21(18)11-13-24(19,20)4/h8,18-21,26H,5-7,9-15H2,1-4H3/t18-,19+,20-,21-,22-,23-,24+/m0/s1. The van der Waals surface area contributed by atoms with Gasteiger partial charge in [-0.1, -0.05) is 31.9 Å². The summed E-state index contributed by atoms with van der Waals surface area (Å²) in [4.78, 5) is 12.4. The van der Waals surface area contributed by atoms with Crippen LogP contribution in [0.3, 0.4) is 0 Å². The van der Waals surface area contributed by atoms with Crippen LogP contribution in [-0.4, -0.2) is 16.5 Å². The molecule has 0 unspecified atom stereocenters. The molecule has 0 aromatic heterocycles. The van der Waals surface area contributed by atoms with Gasteiger partial charge in [-0.25, -0.2) is 0 Å². The van der Waals surface area contributed by atoms with E-state index >= 15 is 0 Å². The van der Waals surface area contributed by atoms with Crippen LogP contribution in [0.25, 0.3) is 0 Å². The molecule has 1 N–H and O–H groups in total. The average molecular weight is 359 g/mol. The van der Waals surface area contributed by atoms with Crippen molar-refractivity contribution in [2.45, 2.75) is 97.5 Å². The number of allylic oxidation sites excluding steroid dienone is 2. The third kappa shape index (κ3) is 2.74. The van der Waals surface area contributed by atoms with E-state index in [0.717, 1.165) is 43.9 Å². The van der Waals surface area contributed by atoms with E-state index in [0.29, 0.717) is 11.7 Å². The zero-order valence-corrected chi connectivity index (χ0v) is 17.3. The fraction of sp³-hybridized carbons (Fsp3) is 0.875. The lowest BCUT2D eigenvalue weighted by Gasteiger charge is -2.60. The summed E-state index contributed by atoms with van der Waals surface area (Å²) in [6, 6.07) is 0. The number of carbonyl (C=O) groups excluding carboxylic acids is 1. The maximum atomic E-state index is 12.4. The molecule has 3 saturated carbocycles.